The van der Waals surface area contributed by atoms with E-state index in [1.165, 1.54) is 13.1 Å². The van der Waals surface area contributed by atoms with E-state index in [9.17, 15) is 14.7 Å². The van der Waals surface area contributed by atoms with Gasteiger partial charge in [-0.25, -0.2) is 9.78 Å². The molecule has 5 N–H and O–H groups in total. The molecule has 0 bridgehead atoms. The van der Waals surface area contributed by atoms with E-state index in [4.69, 9.17) is 15.9 Å². The number of aryl methyl sites for hydroxylation is 1. The Labute approximate surface area is 179 Å². The Bertz CT molecular complexity index is 1160. The number of rotatable bonds is 7. The molecule has 31 heavy (non-hydrogen) atoms. The van der Waals surface area contributed by atoms with Gasteiger partial charge in [-0.15, -0.1) is 0 Å². The zero-order valence-electron chi connectivity index (χ0n) is 17.1. The molecule has 0 aliphatic rings. The van der Waals surface area contributed by atoms with Crippen molar-refractivity contribution in [3.05, 3.63) is 82.7 Å². The fourth-order valence-corrected chi connectivity index (χ4v) is 3.01. The van der Waals surface area contributed by atoms with Crippen LogP contribution in [-0.2, 0) is 6.61 Å². The largest absolute Gasteiger partial charge is 0.488 e. The highest BCUT2D eigenvalue weighted by molar-refractivity contribution is 5.98. The van der Waals surface area contributed by atoms with E-state index in [1.807, 2.05) is 31.2 Å². The van der Waals surface area contributed by atoms with Gasteiger partial charge in [-0.05, 0) is 36.2 Å². The first-order valence-corrected chi connectivity index (χ1v) is 9.43. The van der Waals surface area contributed by atoms with Gasteiger partial charge in [0, 0.05) is 23.7 Å². The van der Waals surface area contributed by atoms with Gasteiger partial charge in [0.2, 0.25) is 0 Å². The maximum atomic E-state index is 11.9. The fraction of sp³-hybridized carbons (Fsp3) is 0.130. The van der Waals surface area contributed by atoms with Crippen LogP contribution < -0.4 is 15.8 Å². The molecule has 1 heterocycles. The smallest absolute Gasteiger partial charge is 0.355 e. The first kappa shape index (κ1) is 21.5. The van der Waals surface area contributed by atoms with E-state index in [0.29, 0.717) is 22.4 Å². The SMILES string of the molecule is CNC(=O)c1ccc(-c2ccc(C)cc2OCc2ccc(C(=N)N)cc2)c(C(=O)O)n1. The average molecular weight is 418 g/mol. The number of nitrogens with zero attached hydrogens (tertiary/aromatic N) is 1. The van der Waals surface area contributed by atoms with Crippen LogP contribution in [0.25, 0.3) is 11.1 Å². The highest BCUT2D eigenvalue weighted by atomic mass is 16.5. The minimum Gasteiger partial charge on any atom is -0.488 e. The van der Waals surface area contributed by atoms with E-state index >= 15 is 0 Å². The van der Waals surface area contributed by atoms with Gasteiger partial charge in [-0.2, -0.15) is 0 Å². The lowest BCUT2D eigenvalue weighted by Crippen LogP contribution is -2.20. The minimum atomic E-state index is -1.24. The molecule has 8 heteroatoms. The number of amides is 1. The molecule has 3 aromatic rings. The number of carbonyl (C=O) groups excluding carboxylic acids is 1. The van der Waals surface area contributed by atoms with Gasteiger partial charge >= 0.3 is 5.97 Å². The van der Waals surface area contributed by atoms with Crippen LogP contribution in [-0.4, -0.2) is 34.9 Å². The van der Waals surface area contributed by atoms with Crippen molar-refractivity contribution in [2.24, 2.45) is 5.73 Å². The predicted octanol–water partition coefficient (Wildman–Crippen LogP) is 2.98. The Morgan fingerprint density at radius 1 is 1.10 bits per heavy atom. The van der Waals surface area contributed by atoms with Crippen LogP contribution in [0, 0.1) is 12.3 Å². The van der Waals surface area contributed by atoms with Crippen LogP contribution in [0.2, 0.25) is 0 Å². The van der Waals surface area contributed by atoms with E-state index in [1.54, 1.807) is 24.3 Å². The molecule has 2 aromatic carbocycles. The molecule has 3 rings (SSSR count). The molecule has 8 nitrogen and oxygen atoms in total. The van der Waals surface area contributed by atoms with Crippen LogP contribution in [0.4, 0.5) is 0 Å². The average Bonchev–Trinajstić information content (AvgIpc) is 2.77. The first-order valence-electron chi connectivity index (χ1n) is 9.43. The highest BCUT2D eigenvalue weighted by Gasteiger charge is 2.20. The number of carboxylic acids is 1. The van der Waals surface area contributed by atoms with E-state index in [-0.39, 0.29) is 23.8 Å². The summed E-state index contributed by atoms with van der Waals surface area (Å²) >= 11 is 0. The van der Waals surface area contributed by atoms with Crippen molar-refractivity contribution in [3.8, 4) is 16.9 Å². The van der Waals surface area contributed by atoms with Crippen molar-refractivity contribution in [3.63, 3.8) is 0 Å². The van der Waals surface area contributed by atoms with Crippen LogP contribution in [0.1, 0.15) is 37.7 Å². The molecule has 0 saturated heterocycles. The van der Waals surface area contributed by atoms with Gasteiger partial charge in [0.15, 0.2) is 5.69 Å². The van der Waals surface area contributed by atoms with Crippen molar-refractivity contribution in [1.29, 1.82) is 5.41 Å². The van der Waals surface area contributed by atoms with Gasteiger partial charge in [0.1, 0.15) is 23.9 Å². The number of nitrogens with two attached hydrogens (primary N) is 1. The predicted molar refractivity (Wildman–Crippen MR) is 117 cm³/mol. The summed E-state index contributed by atoms with van der Waals surface area (Å²) in [5, 5.41) is 19.6. The minimum absolute atomic E-state index is 0.0117. The van der Waals surface area contributed by atoms with Crippen molar-refractivity contribution in [2.75, 3.05) is 7.05 Å². The monoisotopic (exact) mass is 418 g/mol. The normalized spacial score (nSPS) is 10.4. The third-order valence-electron chi connectivity index (χ3n) is 4.64. The number of amidine groups is 1. The Morgan fingerprint density at radius 2 is 1.77 bits per heavy atom. The summed E-state index contributed by atoms with van der Waals surface area (Å²) < 4.78 is 6.01. The van der Waals surface area contributed by atoms with Gasteiger partial charge in [-0.3, -0.25) is 10.2 Å². The molecule has 1 amide bonds. The van der Waals surface area contributed by atoms with Gasteiger partial charge in [0.25, 0.3) is 5.91 Å². The van der Waals surface area contributed by atoms with E-state index in [0.717, 1.165) is 11.1 Å². The summed E-state index contributed by atoms with van der Waals surface area (Å²) in [5.74, 6) is -1.23. The number of benzene rings is 2. The molecule has 0 fully saturated rings. The summed E-state index contributed by atoms with van der Waals surface area (Å²) in [5.41, 5.74) is 8.59. The van der Waals surface area contributed by atoms with Crippen LogP contribution >= 0.6 is 0 Å². The summed E-state index contributed by atoms with van der Waals surface area (Å²) in [7, 11) is 1.45. The highest BCUT2D eigenvalue weighted by Crippen LogP contribution is 2.33. The van der Waals surface area contributed by atoms with Gasteiger partial charge in [-0.1, -0.05) is 36.4 Å². The Morgan fingerprint density at radius 3 is 2.39 bits per heavy atom. The van der Waals surface area contributed by atoms with Crippen molar-refractivity contribution in [1.82, 2.24) is 10.3 Å². The number of hydrogen-bond donors (Lipinski definition) is 4. The lowest BCUT2D eigenvalue weighted by atomic mass is 10.0. The molecule has 0 saturated carbocycles. The quantitative estimate of drug-likeness (QED) is 0.344. The molecule has 1 aromatic heterocycles. The van der Waals surface area contributed by atoms with E-state index in [2.05, 4.69) is 10.3 Å². The summed E-state index contributed by atoms with van der Waals surface area (Å²) in [6.07, 6.45) is 0. The zero-order chi connectivity index (χ0) is 22.5. The number of carbonyl (C=O) groups is 2. The Kier molecular flexibility index (Phi) is 6.30. The van der Waals surface area contributed by atoms with Crippen LogP contribution in [0.15, 0.2) is 54.6 Å². The zero-order valence-corrected chi connectivity index (χ0v) is 17.1. The third-order valence-corrected chi connectivity index (χ3v) is 4.64. The number of nitrogen functional groups attached to an aromatic ring is 1. The number of carboxylic acid groups (broad SMARTS) is 1. The lowest BCUT2D eigenvalue weighted by Gasteiger charge is -2.15. The number of pyridine rings is 1. The Hall–Kier alpha value is -4.20. The molecular weight excluding hydrogens is 396 g/mol. The molecule has 158 valence electrons. The molecule has 0 unspecified atom stereocenters. The number of nitrogens with one attached hydrogen (secondary N) is 2. The first-order chi connectivity index (χ1) is 14.8. The molecule has 0 radical (unpaired) electrons. The topological polar surface area (TPSA) is 138 Å². The van der Waals surface area contributed by atoms with Crippen molar-refractivity contribution in [2.45, 2.75) is 13.5 Å². The molecule has 0 aliphatic carbocycles. The summed E-state index contributed by atoms with van der Waals surface area (Å²) in [6, 6.07) is 15.6. The third kappa shape index (κ3) is 4.87. The standard InChI is InChI=1S/C23H22N4O4/c1-13-3-8-16(17-9-10-18(22(28)26-2)27-20(17)23(29)30)19(11-13)31-12-14-4-6-15(7-5-14)21(24)25/h3-11H,12H2,1-2H3,(H3,24,25)(H,26,28)(H,29,30). The molecule has 0 spiro atoms. The maximum absolute atomic E-state index is 11.9. The second-order valence-corrected chi connectivity index (χ2v) is 6.88. The number of aromatic nitrogens is 1. The maximum Gasteiger partial charge on any atom is 0.355 e. The van der Waals surface area contributed by atoms with Gasteiger partial charge < -0.3 is 20.9 Å². The second-order valence-electron chi connectivity index (χ2n) is 6.88. The van der Waals surface area contributed by atoms with Crippen LogP contribution in [0.3, 0.4) is 0 Å². The number of ether oxygens (including phenoxy) is 1. The number of aromatic carboxylic acids is 1. The van der Waals surface area contributed by atoms with Crippen molar-refractivity contribution >= 4 is 17.7 Å². The van der Waals surface area contributed by atoms with Gasteiger partial charge in [0.05, 0.1) is 0 Å². The fourth-order valence-electron chi connectivity index (χ4n) is 3.01. The van der Waals surface area contributed by atoms with E-state index < -0.39 is 11.9 Å². The lowest BCUT2D eigenvalue weighted by molar-refractivity contribution is 0.0691. The summed E-state index contributed by atoms with van der Waals surface area (Å²) in [6.45, 7) is 2.14. The van der Waals surface area contributed by atoms with Crippen LogP contribution in [0.5, 0.6) is 5.75 Å². The summed E-state index contributed by atoms with van der Waals surface area (Å²) in [4.78, 5) is 27.7. The molecular formula is C23H22N4O4. The van der Waals surface area contributed by atoms with Crippen molar-refractivity contribution < 1.29 is 19.4 Å². The molecule has 0 atom stereocenters. The molecule has 0 aliphatic heterocycles. The second kappa shape index (κ2) is 9.08. The Balaban J connectivity index is 1.97. The number of hydrogen-bond acceptors (Lipinski definition) is 5.